The molecule has 0 aliphatic rings. The summed E-state index contributed by atoms with van der Waals surface area (Å²) in [6.07, 6.45) is 0. The van der Waals surface area contributed by atoms with Gasteiger partial charge in [0.15, 0.2) is 11.5 Å². The molecule has 29 heavy (non-hydrogen) atoms. The van der Waals surface area contributed by atoms with E-state index in [4.69, 9.17) is 9.15 Å². The summed E-state index contributed by atoms with van der Waals surface area (Å²) in [5.74, 6) is -0.961. The summed E-state index contributed by atoms with van der Waals surface area (Å²) in [5, 5.41) is 2.36. The number of anilines is 1. The van der Waals surface area contributed by atoms with Gasteiger partial charge < -0.3 is 19.2 Å². The first kappa shape index (κ1) is 20.3. The fourth-order valence-corrected chi connectivity index (χ4v) is 2.51. The maximum absolute atomic E-state index is 13.3. The number of nitrogens with one attached hydrogen (secondary N) is 1. The van der Waals surface area contributed by atoms with E-state index in [1.165, 1.54) is 6.07 Å². The number of amides is 1. The molecule has 0 aliphatic heterocycles. The molecule has 0 spiro atoms. The van der Waals surface area contributed by atoms with Gasteiger partial charge in [-0.2, -0.15) is 8.78 Å². The van der Waals surface area contributed by atoms with Crippen LogP contribution < -0.4 is 14.8 Å². The summed E-state index contributed by atoms with van der Waals surface area (Å²) >= 11 is 0. The smallest absolute Gasteiger partial charge is 0.387 e. The number of ether oxygens (including phenoxy) is 2. The fourth-order valence-electron chi connectivity index (χ4n) is 2.51. The monoisotopic (exact) mass is 405 g/mol. The molecule has 2 aromatic carbocycles. The number of hydrogen-bond donors (Lipinski definition) is 1. The minimum Gasteiger partial charge on any atom is -0.486 e. The van der Waals surface area contributed by atoms with Crippen LogP contribution in [-0.4, -0.2) is 12.5 Å². The van der Waals surface area contributed by atoms with Gasteiger partial charge in [0.1, 0.15) is 23.9 Å². The SMILES string of the molecule is Cc1ccc(OCc2ccc(C(=O)Nc3ccc(F)cc3OC(F)F)o2)cc1C. The maximum Gasteiger partial charge on any atom is 0.387 e. The number of furan rings is 1. The highest BCUT2D eigenvalue weighted by Gasteiger charge is 2.17. The standard InChI is InChI=1S/C21H18F3NO4/c1-12-3-5-15(9-13(12)2)27-11-16-6-8-18(28-16)20(26)25-17-7-4-14(22)10-19(17)29-21(23)24/h3-10,21H,11H2,1-2H3,(H,25,26). The first-order valence-corrected chi connectivity index (χ1v) is 8.66. The first-order valence-electron chi connectivity index (χ1n) is 8.66. The predicted molar refractivity (Wildman–Crippen MR) is 99.9 cm³/mol. The third-order valence-electron chi connectivity index (χ3n) is 4.15. The van der Waals surface area contributed by atoms with Gasteiger partial charge in [-0.25, -0.2) is 4.39 Å². The summed E-state index contributed by atoms with van der Waals surface area (Å²) in [5.41, 5.74) is 2.12. The number of carbonyl (C=O) groups excluding carboxylic acids is 1. The Morgan fingerprint density at radius 1 is 1.07 bits per heavy atom. The van der Waals surface area contributed by atoms with Crippen LogP contribution in [0.2, 0.25) is 0 Å². The summed E-state index contributed by atoms with van der Waals surface area (Å²) in [6, 6.07) is 11.5. The average Bonchev–Trinajstić information content (AvgIpc) is 3.13. The molecule has 0 radical (unpaired) electrons. The van der Waals surface area contributed by atoms with E-state index in [1.54, 1.807) is 6.07 Å². The van der Waals surface area contributed by atoms with Crippen molar-refractivity contribution in [2.45, 2.75) is 27.1 Å². The molecule has 0 atom stereocenters. The zero-order valence-electron chi connectivity index (χ0n) is 15.7. The second kappa shape index (κ2) is 8.72. The van der Waals surface area contributed by atoms with Crippen molar-refractivity contribution >= 4 is 11.6 Å². The van der Waals surface area contributed by atoms with Crippen LogP contribution in [0.15, 0.2) is 52.9 Å². The molecule has 1 amide bonds. The molecular weight excluding hydrogens is 387 g/mol. The van der Waals surface area contributed by atoms with Crippen molar-refractivity contribution in [3.8, 4) is 11.5 Å². The van der Waals surface area contributed by atoms with E-state index in [0.29, 0.717) is 11.5 Å². The lowest BCUT2D eigenvalue weighted by molar-refractivity contribution is -0.0495. The molecule has 1 N–H and O–H groups in total. The van der Waals surface area contributed by atoms with Gasteiger partial charge in [0.25, 0.3) is 5.91 Å². The van der Waals surface area contributed by atoms with E-state index in [1.807, 2.05) is 32.0 Å². The molecule has 0 bridgehead atoms. The first-order chi connectivity index (χ1) is 13.8. The minimum absolute atomic E-state index is 0.0593. The van der Waals surface area contributed by atoms with Crippen LogP contribution >= 0.6 is 0 Å². The van der Waals surface area contributed by atoms with Crippen molar-refractivity contribution in [1.29, 1.82) is 0 Å². The van der Waals surface area contributed by atoms with Crippen LogP contribution in [0.5, 0.6) is 11.5 Å². The van der Waals surface area contributed by atoms with Gasteiger partial charge in [0.05, 0.1) is 5.69 Å². The van der Waals surface area contributed by atoms with Crippen molar-refractivity contribution in [3.05, 3.63) is 77.0 Å². The predicted octanol–water partition coefficient (Wildman–Crippen LogP) is 5.47. The van der Waals surface area contributed by atoms with Gasteiger partial charge in [0, 0.05) is 6.07 Å². The van der Waals surface area contributed by atoms with Gasteiger partial charge in [-0.3, -0.25) is 4.79 Å². The lowest BCUT2D eigenvalue weighted by Gasteiger charge is -2.11. The summed E-state index contributed by atoms with van der Waals surface area (Å²) in [7, 11) is 0. The molecule has 1 heterocycles. The molecule has 3 rings (SSSR count). The Hall–Kier alpha value is -3.42. The van der Waals surface area contributed by atoms with Crippen molar-refractivity contribution in [1.82, 2.24) is 0 Å². The highest BCUT2D eigenvalue weighted by atomic mass is 19.3. The Morgan fingerprint density at radius 3 is 2.59 bits per heavy atom. The maximum atomic E-state index is 13.3. The second-order valence-electron chi connectivity index (χ2n) is 6.27. The van der Waals surface area contributed by atoms with Crippen LogP contribution in [-0.2, 0) is 6.61 Å². The van der Waals surface area contributed by atoms with Crippen molar-refractivity contribution in [2.24, 2.45) is 0 Å². The number of hydrogen-bond acceptors (Lipinski definition) is 4. The van der Waals surface area contributed by atoms with Crippen LogP contribution in [0.4, 0.5) is 18.9 Å². The Balaban J connectivity index is 1.66. The third kappa shape index (κ3) is 5.31. The normalized spacial score (nSPS) is 10.8. The van der Waals surface area contributed by atoms with Crippen molar-refractivity contribution in [2.75, 3.05) is 5.32 Å². The number of rotatable bonds is 7. The van der Waals surface area contributed by atoms with Gasteiger partial charge in [-0.1, -0.05) is 6.07 Å². The van der Waals surface area contributed by atoms with E-state index < -0.39 is 24.1 Å². The number of halogens is 3. The highest BCUT2D eigenvalue weighted by molar-refractivity contribution is 6.03. The fraction of sp³-hybridized carbons (Fsp3) is 0.190. The molecule has 0 aliphatic carbocycles. The van der Waals surface area contributed by atoms with Crippen LogP contribution in [0.3, 0.4) is 0 Å². The molecule has 3 aromatic rings. The molecule has 0 saturated carbocycles. The zero-order valence-corrected chi connectivity index (χ0v) is 15.7. The second-order valence-corrected chi connectivity index (χ2v) is 6.27. The molecular formula is C21H18F3NO4. The molecule has 5 nitrogen and oxygen atoms in total. The van der Waals surface area contributed by atoms with Gasteiger partial charge in [-0.05, 0) is 61.4 Å². The summed E-state index contributed by atoms with van der Waals surface area (Å²) in [6.45, 7) is 0.908. The Morgan fingerprint density at radius 2 is 1.86 bits per heavy atom. The topological polar surface area (TPSA) is 60.7 Å². The third-order valence-corrected chi connectivity index (χ3v) is 4.15. The van der Waals surface area contributed by atoms with E-state index in [0.717, 1.165) is 29.3 Å². The van der Waals surface area contributed by atoms with E-state index >= 15 is 0 Å². The molecule has 0 saturated heterocycles. The Labute approximate surface area is 165 Å². The van der Waals surface area contributed by atoms with Gasteiger partial charge in [0.2, 0.25) is 0 Å². The Kier molecular flexibility index (Phi) is 6.11. The number of benzene rings is 2. The van der Waals surface area contributed by atoms with E-state index in [2.05, 4.69) is 10.1 Å². The minimum atomic E-state index is -3.16. The average molecular weight is 405 g/mol. The zero-order chi connectivity index (χ0) is 21.0. The summed E-state index contributed by atoms with van der Waals surface area (Å²) < 4.78 is 53.5. The Bertz CT molecular complexity index is 1020. The van der Waals surface area contributed by atoms with Crippen molar-refractivity contribution < 1.29 is 31.9 Å². The van der Waals surface area contributed by atoms with E-state index in [9.17, 15) is 18.0 Å². The van der Waals surface area contributed by atoms with Crippen LogP contribution in [0.25, 0.3) is 0 Å². The number of carbonyl (C=O) groups is 1. The van der Waals surface area contributed by atoms with Gasteiger partial charge in [-0.15, -0.1) is 0 Å². The summed E-state index contributed by atoms with van der Waals surface area (Å²) in [4.78, 5) is 12.3. The van der Waals surface area contributed by atoms with Crippen LogP contribution in [0.1, 0.15) is 27.4 Å². The van der Waals surface area contributed by atoms with E-state index in [-0.39, 0.29) is 18.1 Å². The molecule has 152 valence electrons. The molecule has 0 unspecified atom stereocenters. The molecule has 8 heteroatoms. The number of alkyl halides is 2. The quantitative estimate of drug-likeness (QED) is 0.566. The largest absolute Gasteiger partial charge is 0.486 e. The number of aryl methyl sites for hydroxylation is 2. The lowest BCUT2D eigenvalue weighted by atomic mass is 10.1. The van der Waals surface area contributed by atoms with Crippen molar-refractivity contribution in [3.63, 3.8) is 0 Å². The lowest BCUT2D eigenvalue weighted by Crippen LogP contribution is -2.13. The molecule has 0 fully saturated rings. The van der Waals surface area contributed by atoms with Gasteiger partial charge >= 0.3 is 6.61 Å². The molecule has 1 aromatic heterocycles. The van der Waals surface area contributed by atoms with Crippen LogP contribution in [0, 0.1) is 19.7 Å². The highest BCUT2D eigenvalue weighted by Crippen LogP contribution is 2.28.